The smallest absolute Gasteiger partial charge is 1.00 e. The van der Waals surface area contributed by atoms with E-state index in [0.717, 1.165) is 57.0 Å². The van der Waals surface area contributed by atoms with E-state index < -0.39 is 18.0 Å². The topological polar surface area (TPSA) is 265 Å². The first-order valence-electron chi connectivity index (χ1n) is 27.5. The summed E-state index contributed by atoms with van der Waals surface area (Å²) in [5.41, 5.74) is 4.53. The minimum absolute atomic E-state index is 0. The van der Waals surface area contributed by atoms with Crippen LogP contribution in [0.15, 0.2) is 146 Å². The van der Waals surface area contributed by atoms with Crippen molar-refractivity contribution in [2.24, 2.45) is 10.8 Å². The van der Waals surface area contributed by atoms with Crippen molar-refractivity contribution in [3.05, 3.63) is 181 Å². The van der Waals surface area contributed by atoms with Crippen molar-refractivity contribution in [2.75, 3.05) is 21.4 Å². The van der Waals surface area contributed by atoms with E-state index in [1.54, 1.807) is 80.3 Å². The van der Waals surface area contributed by atoms with Crippen LogP contribution in [0.3, 0.4) is 0 Å². The number of hydrogen-bond acceptors (Lipinski definition) is 19. The molecule has 6 aromatic carbocycles. The van der Waals surface area contributed by atoms with E-state index in [0.29, 0.717) is 41.7 Å². The number of methoxy groups -OCH3 is 2. The number of phenolic OH excluding ortho intramolecular Hbond substituents is 1. The summed E-state index contributed by atoms with van der Waals surface area (Å²) in [6.45, 7) is 12.3. The third-order valence-electron chi connectivity index (χ3n) is 12.3. The summed E-state index contributed by atoms with van der Waals surface area (Å²) in [7, 11) is 2.33. The molecule has 0 fully saturated rings. The van der Waals surface area contributed by atoms with Crippen molar-refractivity contribution in [1.82, 2.24) is 49.5 Å². The number of benzene rings is 6. The monoisotopic (exact) mass is 1730 g/mol. The Morgan fingerprint density at radius 1 is 0.626 bits per heavy atom. The van der Waals surface area contributed by atoms with Crippen molar-refractivity contribution in [1.29, 1.82) is 0 Å². The molecule has 10 aromatic rings. The Bertz CT molecular complexity index is 3900. The second kappa shape index (κ2) is 39.4. The summed E-state index contributed by atoms with van der Waals surface area (Å²) >= 11 is 10.7. The van der Waals surface area contributed by atoms with Gasteiger partial charge in [0.1, 0.15) is 60.9 Å². The quantitative estimate of drug-likeness (QED) is 0.0329. The number of esters is 2. The average Bonchev–Trinajstić information content (AvgIpc) is 1.70. The average molecular weight is 1730 g/mol. The predicted octanol–water partition coefficient (Wildman–Crippen LogP) is 5.81. The van der Waals surface area contributed by atoms with Gasteiger partial charge in [0.2, 0.25) is 0 Å². The Morgan fingerprint density at radius 3 is 1.43 bits per heavy atom. The third-order valence-corrected chi connectivity index (χ3v) is 14.1. The molecule has 0 saturated carbocycles. The molecule has 0 atom stereocenters. The van der Waals surface area contributed by atoms with Crippen molar-refractivity contribution in [3.8, 4) is 40.2 Å². The van der Waals surface area contributed by atoms with Gasteiger partial charge < -0.3 is 49.8 Å². The number of hydrogen-bond donors (Lipinski definition) is 1. The van der Waals surface area contributed by atoms with Crippen molar-refractivity contribution in [2.45, 2.75) is 81.3 Å². The number of phenols is 1. The number of rotatable bonds is 19. The minimum atomic E-state index is -1.00. The van der Waals surface area contributed by atoms with Gasteiger partial charge in [-0.2, -0.15) is 10.2 Å². The maximum atomic E-state index is 12.1. The molecule has 4 heterocycles. The Balaban J connectivity index is 0.000000367. The summed E-state index contributed by atoms with van der Waals surface area (Å²) in [5, 5.41) is 45.2. The van der Waals surface area contributed by atoms with Crippen molar-refractivity contribution < 1.29 is 208 Å². The number of carbonyl (C=O) groups is 3. The molecule has 91 heavy (non-hydrogen) atoms. The molecular formula is C62H66ClCs2FI2N10O13. The number of aromatic nitrogens is 10. The van der Waals surface area contributed by atoms with Crippen LogP contribution in [0.1, 0.15) is 66.9 Å². The zero-order valence-electron chi connectivity index (χ0n) is 53.7. The molecule has 0 aliphatic carbocycles. The number of aromatic hydroxyl groups is 1. The van der Waals surface area contributed by atoms with Crippen molar-refractivity contribution >= 4 is 97.0 Å². The van der Waals surface area contributed by atoms with E-state index in [-0.39, 0.29) is 190 Å². The summed E-state index contributed by atoms with van der Waals surface area (Å²) in [4.78, 5) is 35.1. The first-order valence-corrected chi connectivity index (χ1v) is 29.3. The molecular weight excluding hydrogens is 1670 g/mol. The largest absolute Gasteiger partial charge is 1.00 e. The van der Waals surface area contributed by atoms with E-state index >= 15 is 0 Å². The molecule has 0 bridgehead atoms. The fourth-order valence-corrected chi connectivity index (χ4v) is 9.74. The van der Waals surface area contributed by atoms with Gasteiger partial charge in [-0.15, -0.1) is 10.2 Å². The van der Waals surface area contributed by atoms with E-state index in [4.69, 9.17) is 61.3 Å². The van der Waals surface area contributed by atoms with Gasteiger partial charge in [-0.25, -0.2) is 9.36 Å². The molecule has 0 amide bonds. The predicted molar refractivity (Wildman–Crippen MR) is 344 cm³/mol. The number of halogens is 4. The maximum absolute atomic E-state index is 12.1. The van der Waals surface area contributed by atoms with Gasteiger partial charge in [0.25, 0.3) is 6.47 Å². The Hall–Kier alpha value is -4.51. The fraction of sp³-hybridized carbons (Fsp3) is 0.274. The molecule has 1 N–H and O–H groups in total. The molecule has 0 saturated heterocycles. The molecule has 0 radical (unpaired) electrons. The van der Waals surface area contributed by atoms with Crippen molar-refractivity contribution in [3.63, 3.8) is 0 Å². The number of alkyl halides is 1. The molecule has 23 nitrogen and oxygen atoms in total. The molecule has 29 heteroatoms. The summed E-state index contributed by atoms with van der Waals surface area (Å²) in [6, 6.07) is 41.6. The molecule has 0 aliphatic heterocycles. The van der Waals surface area contributed by atoms with Gasteiger partial charge >= 0.3 is 150 Å². The van der Waals surface area contributed by atoms with Gasteiger partial charge in [0.15, 0.2) is 13.5 Å². The molecule has 0 aliphatic rings. The number of fused-ring (bicyclic) bond motifs is 2. The van der Waals surface area contributed by atoms with Crippen LogP contribution in [0.5, 0.6) is 40.2 Å². The molecule has 472 valence electrons. The van der Waals surface area contributed by atoms with Crippen LogP contribution in [-0.2, 0) is 68.5 Å². The molecule has 0 spiro atoms. The van der Waals surface area contributed by atoms with Crippen LogP contribution in [0.25, 0.3) is 21.8 Å². The van der Waals surface area contributed by atoms with Crippen LogP contribution in [0.2, 0.25) is 5.02 Å². The Morgan fingerprint density at radius 2 is 1.01 bits per heavy atom. The first-order chi connectivity index (χ1) is 43.1. The maximum Gasteiger partial charge on any atom is 1.00 e. The Labute approximate surface area is 678 Å². The number of nitrogens with zero attached hydrogens (tertiary/aromatic N) is 10. The van der Waals surface area contributed by atoms with Crippen LogP contribution >= 0.6 is 56.8 Å². The molecule has 4 aromatic heterocycles. The van der Waals surface area contributed by atoms with E-state index in [1.807, 2.05) is 119 Å². The van der Waals surface area contributed by atoms with Gasteiger partial charge in [-0.3, -0.25) is 28.1 Å². The molecule has 0 unspecified atom stereocenters. The van der Waals surface area contributed by atoms with E-state index in [9.17, 15) is 19.1 Å². The normalized spacial score (nSPS) is 10.7. The van der Waals surface area contributed by atoms with Crippen LogP contribution in [0.4, 0.5) is 4.39 Å². The SMILES string of the molecule is CC(C)(C)C(=O)OCn1nncc1COc1ccc(O)cc1.COc1ccc(Cn2nc(I)c3c(Cl)cccc32)cc1.COc1ccc(Cn2nc(I)c3c(Oc4ccc(OCc5cnnn5COC(=O)C(C)(C)C)cc4)cccc32)cc1.O=CO[O-].[2H]CF.[Cs+].[Cs+].[H-]. The summed E-state index contributed by atoms with van der Waals surface area (Å²) in [5.74, 6) is 3.88. The number of carbonyl (C=O) groups excluding carboxylic acids is 3. The van der Waals surface area contributed by atoms with Crippen LogP contribution in [-0.4, -0.2) is 94.4 Å². The van der Waals surface area contributed by atoms with Crippen LogP contribution < -0.4 is 167 Å². The van der Waals surface area contributed by atoms with Crippen LogP contribution in [0, 0.1) is 18.2 Å². The summed E-state index contributed by atoms with van der Waals surface area (Å²) < 4.78 is 62.9. The zero-order valence-corrected chi connectivity index (χ0v) is 69.3. The van der Waals surface area contributed by atoms with Gasteiger partial charge in [0, 0.05) is 0 Å². The number of ether oxygens (including phenoxy) is 7. The summed E-state index contributed by atoms with van der Waals surface area (Å²) in [6.07, 6.45) is 3.13. The Kier molecular flexibility index (Phi) is 33.4. The van der Waals surface area contributed by atoms with Gasteiger partial charge in [-0.1, -0.05) is 58.4 Å². The second-order valence-electron chi connectivity index (χ2n) is 20.8. The minimum Gasteiger partial charge on any atom is -1.00 e. The van der Waals surface area contributed by atoms with Gasteiger partial charge in [0.05, 0.1) is 97.3 Å². The first kappa shape index (κ1) is 77.2. The second-order valence-corrected chi connectivity index (χ2v) is 23.2. The van der Waals surface area contributed by atoms with E-state index in [2.05, 4.69) is 75.8 Å². The standard InChI is InChI=1S/C30H30IN5O5.C15H12ClIN2O.C15H19N3O4.CH3F.CH2O3.2Cs.H/c1-30(2,3)29(37)40-19-36-21(16-32-34-36)18-39-23-12-14-24(15-13-23)41-26-7-5-6-25-27(26)28(31)33-35(25)17-20-8-10-22(38-4)11-9-20;1-20-11-7-5-10(6-8-11)9-19-13-4-2-3-12(16)14(13)15(17)18-19;1-15(2,3)14(20)22-10-18-11(8-16-17-18)9-21-13-6-4-12(19)5-7-13;1-2;2-1-4-3;;;/h5-16H,17-19H2,1-4H3;2-8H,9H2,1H3;4-8,19H,9-10H2,1-3H3;1H3;1,3H;;;/q;;;;;2*+1;-1/p-1/i;;;1D;;;;. The molecule has 10 rings (SSSR count). The van der Waals surface area contributed by atoms with E-state index in [1.165, 1.54) is 27.1 Å². The fourth-order valence-electron chi connectivity index (χ4n) is 7.69. The van der Waals surface area contributed by atoms with Gasteiger partial charge in [-0.05, 0) is 195 Å². The zero-order chi connectivity index (χ0) is 65.4. The third kappa shape index (κ3) is 24.3.